The van der Waals surface area contributed by atoms with E-state index < -0.39 is 10.0 Å². The minimum Gasteiger partial charge on any atom is -0.212 e. The first-order chi connectivity index (χ1) is 8.54. The maximum atomic E-state index is 11.8. The fourth-order valence-corrected chi connectivity index (χ4v) is 3.02. The molecule has 0 aliphatic rings. The Morgan fingerprint density at radius 1 is 1.06 bits per heavy atom. The molecule has 3 nitrogen and oxygen atoms in total. The van der Waals surface area contributed by atoms with E-state index in [2.05, 4.69) is 18.6 Å². The van der Waals surface area contributed by atoms with Gasteiger partial charge in [0.05, 0.1) is 5.75 Å². The Kier molecular flexibility index (Phi) is 5.82. The van der Waals surface area contributed by atoms with Crippen LogP contribution in [0.4, 0.5) is 0 Å². The maximum Gasteiger partial charge on any atom is 0.211 e. The number of sulfonamides is 1. The molecule has 0 saturated heterocycles. The van der Waals surface area contributed by atoms with Gasteiger partial charge in [-0.05, 0) is 18.4 Å². The summed E-state index contributed by atoms with van der Waals surface area (Å²) in [6.45, 7) is 5.87. The van der Waals surface area contributed by atoms with Gasteiger partial charge in [0, 0.05) is 6.04 Å². The van der Waals surface area contributed by atoms with Crippen LogP contribution in [0.5, 0.6) is 0 Å². The zero-order valence-electron chi connectivity index (χ0n) is 11.4. The molecule has 4 heteroatoms. The zero-order valence-corrected chi connectivity index (χ0v) is 12.2. The Hall–Kier alpha value is -0.870. The number of nitrogens with one attached hydrogen (secondary N) is 1. The predicted molar refractivity (Wildman–Crippen MR) is 75.9 cm³/mol. The third kappa shape index (κ3) is 4.10. The molecule has 0 fully saturated rings. The molecule has 0 heterocycles. The summed E-state index contributed by atoms with van der Waals surface area (Å²) in [6.07, 6.45) is 1.92. The number of hydrogen-bond acceptors (Lipinski definition) is 2. The van der Waals surface area contributed by atoms with E-state index in [1.165, 1.54) is 0 Å². The summed E-state index contributed by atoms with van der Waals surface area (Å²) in [5, 5.41) is 0. The minimum atomic E-state index is -3.18. The first kappa shape index (κ1) is 15.2. The van der Waals surface area contributed by atoms with Gasteiger partial charge in [-0.15, -0.1) is 0 Å². The van der Waals surface area contributed by atoms with E-state index in [4.69, 9.17) is 0 Å². The lowest BCUT2D eigenvalue weighted by atomic mass is 9.90. The van der Waals surface area contributed by atoms with Gasteiger partial charge in [-0.25, -0.2) is 13.1 Å². The summed E-state index contributed by atoms with van der Waals surface area (Å²) in [4.78, 5) is 0. The fraction of sp³-hybridized carbons (Fsp3) is 0.571. The van der Waals surface area contributed by atoms with Gasteiger partial charge in [-0.3, -0.25) is 0 Å². The number of benzene rings is 1. The standard InChI is InChI=1S/C14H23NO2S/c1-4-12(5-2)14(15-18(16,17)6-3)13-10-8-7-9-11-13/h7-12,14-15H,4-6H2,1-3H3. The molecule has 1 rings (SSSR count). The quantitative estimate of drug-likeness (QED) is 0.826. The van der Waals surface area contributed by atoms with Gasteiger partial charge in [0.25, 0.3) is 0 Å². The Labute approximate surface area is 111 Å². The van der Waals surface area contributed by atoms with Crippen molar-refractivity contribution in [1.29, 1.82) is 0 Å². The van der Waals surface area contributed by atoms with Gasteiger partial charge >= 0.3 is 0 Å². The van der Waals surface area contributed by atoms with Crippen LogP contribution in [0, 0.1) is 5.92 Å². The van der Waals surface area contributed by atoms with Crippen molar-refractivity contribution in [2.45, 2.75) is 39.7 Å². The van der Waals surface area contributed by atoms with E-state index in [-0.39, 0.29) is 11.8 Å². The first-order valence-corrected chi connectivity index (χ1v) is 8.24. The zero-order chi connectivity index (χ0) is 13.6. The first-order valence-electron chi connectivity index (χ1n) is 6.59. The van der Waals surface area contributed by atoms with Gasteiger partial charge < -0.3 is 0 Å². The van der Waals surface area contributed by atoms with Crippen molar-refractivity contribution in [3.8, 4) is 0 Å². The molecule has 1 atom stereocenters. The van der Waals surface area contributed by atoms with E-state index >= 15 is 0 Å². The van der Waals surface area contributed by atoms with Crippen molar-refractivity contribution < 1.29 is 8.42 Å². The molecule has 0 aromatic heterocycles. The average Bonchev–Trinajstić information content (AvgIpc) is 2.40. The lowest BCUT2D eigenvalue weighted by Crippen LogP contribution is -2.34. The normalized spacial score (nSPS) is 13.8. The van der Waals surface area contributed by atoms with Crippen LogP contribution < -0.4 is 4.72 Å². The molecule has 0 spiro atoms. The molecule has 18 heavy (non-hydrogen) atoms. The van der Waals surface area contributed by atoms with Crippen LogP contribution in [-0.4, -0.2) is 14.2 Å². The molecule has 1 aromatic rings. The predicted octanol–water partition coefficient (Wildman–Crippen LogP) is 3.10. The van der Waals surface area contributed by atoms with Crippen molar-refractivity contribution in [2.75, 3.05) is 5.75 Å². The molecule has 1 N–H and O–H groups in total. The van der Waals surface area contributed by atoms with Crippen molar-refractivity contribution in [3.05, 3.63) is 35.9 Å². The molecule has 1 aromatic carbocycles. The Morgan fingerprint density at radius 2 is 1.61 bits per heavy atom. The molecule has 0 saturated carbocycles. The van der Waals surface area contributed by atoms with Gasteiger partial charge in [-0.1, -0.05) is 57.0 Å². The van der Waals surface area contributed by atoms with Crippen molar-refractivity contribution in [1.82, 2.24) is 4.72 Å². The lowest BCUT2D eigenvalue weighted by Gasteiger charge is -2.26. The summed E-state index contributed by atoms with van der Waals surface area (Å²) in [6, 6.07) is 9.70. The van der Waals surface area contributed by atoms with E-state index in [1.807, 2.05) is 30.3 Å². The summed E-state index contributed by atoms with van der Waals surface area (Å²) in [7, 11) is -3.18. The average molecular weight is 269 g/mol. The van der Waals surface area contributed by atoms with E-state index in [9.17, 15) is 8.42 Å². The molecule has 102 valence electrons. The van der Waals surface area contributed by atoms with E-state index in [0.29, 0.717) is 5.92 Å². The molecular formula is C14H23NO2S. The van der Waals surface area contributed by atoms with Crippen molar-refractivity contribution >= 4 is 10.0 Å². The van der Waals surface area contributed by atoms with E-state index in [1.54, 1.807) is 6.92 Å². The van der Waals surface area contributed by atoms with Crippen LogP contribution in [0.1, 0.15) is 45.2 Å². The highest BCUT2D eigenvalue weighted by atomic mass is 32.2. The Bertz CT molecular complexity index is 438. The van der Waals surface area contributed by atoms with Crippen LogP contribution in [0.2, 0.25) is 0 Å². The Morgan fingerprint density at radius 3 is 2.06 bits per heavy atom. The molecule has 0 bridgehead atoms. The third-order valence-electron chi connectivity index (χ3n) is 3.37. The summed E-state index contributed by atoms with van der Waals surface area (Å²) in [5.74, 6) is 0.449. The number of rotatable bonds is 7. The van der Waals surface area contributed by atoms with Gasteiger partial charge in [0.2, 0.25) is 10.0 Å². The van der Waals surface area contributed by atoms with Crippen LogP contribution in [0.3, 0.4) is 0 Å². The molecule has 0 aliphatic carbocycles. The molecule has 1 unspecified atom stereocenters. The second-order valence-electron chi connectivity index (χ2n) is 4.49. The highest BCUT2D eigenvalue weighted by Gasteiger charge is 2.24. The van der Waals surface area contributed by atoms with Crippen molar-refractivity contribution in [2.24, 2.45) is 5.92 Å². The summed E-state index contributed by atoms with van der Waals surface area (Å²) >= 11 is 0. The van der Waals surface area contributed by atoms with Crippen LogP contribution in [-0.2, 0) is 10.0 Å². The summed E-state index contributed by atoms with van der Waals surface area (Å²) in [5.41, 5.74) is 1.04. The maximum absolute atomic E-state index is 11.8. The van der Waals surface area contributed by atoms with Gasteiger partial charge in [-0.2, -0.15) is 0 Å². The monoisotopic (exact) mass is 269 g/mol. The molecule has 0 amide bonds. The van der Waals surface area contributed by atoms with Crippen LogP contribution in [0.25, 0.3) is 0 Å². The SMILES string of the molecule is CCC(CC)C(NS(=O)(=O)CC)c1ccccc1. The second-order valence-corrected chi connectivity index (χ2v) is 6.53. The largest absolute Gasteiger partial charge is 0.212 e. The second kappa shape index (κ2) is 6.90. The molecule has 0 radical (unpaired) electrons. The fourth-order valence-electron chi connectivity index (χ4n) is 2.13. The molecule has 0 aliphatic heterocycles. The summed E-state index contributed by atoms with van der Waals surface area (Å²) < 4.78 is 26.4. The van der Waals surface area contributed by atoms with Gasteiger partial charge in [0.15, 0.2) is 0 Å². The minimum absolute atomic E-state index is 0.119. The highest BCUT2D eigenvalue weighted by Crippen LogP contribution is 2.27. The third-order valence-corrected chi connectivity index (χ3v) is 4.74. The highest BCUT2D eigenvalue weighted by molar-refractivity contribution is 7.89. The smallest absolute Gasteiger partial charge is 0.211 e. The van der Waals surface area contributed by atoms with Crippen molar-refractivity contribution in [3.63, 3.8) is 0 Å². The van der Waals surface area contributed by atoms with Crippen LogP contribution >= 0.6 is 0 Å². The molecular weight excluding hydrogens is 246 g/mol. The topological polar surface area (TPSA) is 46.2 Å². The number of hydrogen-bond donors (Lipinski definition) is 1. The van der Waals surface area contributed by atoms with Crippen LogP contribution in [0.15, 0.2) is 30.3 Å². The van der Waals surface area contributed by atoms with E-state index in [0.717, 1.165) is 18.4 Å². The Balaban J connectivity index is 3.03. The van der Waals surface area contributed by atoms with Gasteiger partial charge in [0.1, 0.15) is 0 Å². The lowest BCUT2D eigenvalue weighted by molar-refractivity contribution is 0.378.